The van der Waals surface area contributed by atoms with Gasteiger partial charge in [-0.15, -0.1) is 0 Å². The third-order valence-corrected chi connectivity index (χ3v) is 3.82. The molecule has 2 aliphatic rings. The smallest absolute Gasteiger partial charge is 0.380 e. The van der Waals surface area contributed by atoms with Crippen LogP contribution in [0.25, 0.3) is 0 Å². The molecule has 1 aliphatic heterocycles. The maximum Gasteiger partial charge on any atom is 0.391 e. The van der Waals surface area contributed by atoms with Crippen molar-refractivity contribution in [3.63, 3.8) is 0 Å². The molecule has 0 unspecified atom stereocenters. The largest absolute Gasteiger partial charge is 0.391 e. The van der Waals surface area contributed by atoms with E-state index >= 15 is 0 Å². The minimum absolute atomic E-state index is 0.250. The number of rotatable bonds is 2. The molecule has 0 amide bonds. The molecule has 1 heterocycles. The number of halogens is 3. The molecule has 5 heteroatoms. The van der Waals surface area contributed by atoms with E-state index in [1.807, 2.05) is 0 Å². The molecular weight excluding hydrogens is 231 g/mol. The summed E-state index contributed by atoms with van der Waals surface area (Å²) in [6, 6.07) is 0.594. The van der Waals surface area contributed by atoms with E-state index in [1.165, 1.54) is 0 Å². The van der Waals surface area contributed by atoms with Crippen LogP contribution in [-0.4, -0.2) is 31.5 Å². The second-order valence-electron chi connectivity index (χ2n) is 5.17. The van der Waals surface area contributed by atoms with E-state index in [-0.39, 0.29) is 18.9 Å². The van der Waals surface area contributed by atoms with E-state index in [4.69, 9.17) is 4.74 Å². The van der Waals surface area contributed by atoms with Crippen molar-refractivity contribution in [2.75, 3.05) is 13.2 Å². The SMILES string of the molecule is FC(F)(F)C1CCC(N[C@H]2CCCOC2)CC1. The first-order valence-electron chi connectivity index (χ1n) is 6.46. The van der Waals surface area contributed by atoms with E-state index in [9.17, 15) is 13.2 Å². The van der Waals surface area contributed by atoms with Crippen LogP contribution >= 0.6 is 0 Å². The molecule has 100 valence electrons. The molecule has 1 saturated heterocycles. The zero-order chi connectivity index (χ0) is 12.3. The average Bonchev–Trinajstić information content (AvgIpc) is 2.30. The molecule has 2 rings (SSSR count). The molecule has 2 fully saturated rings. The van der Waals surface area contributed by atoms with Gasteiger partial charge in [-0.05, 0) is 38.5 Å². The third kappa shape index (κ3) is 3.85. The van der Waals surface area contributed by atoms with Gasteiger partial charge in [0.2, 0.25) is 0 Å². The Balaban J connectivity index is 1.71. The highest BCUT2D eigenvalue weighted by Crippen LogP contribution is 2.37. The lowest BCUT2D eigenvalue weighted by molar-refractivity contribution is -0.182. The molecule has 1 atom stereocenters. The summed E-state index contributed by atoms with van der Waals surface area (Å²) in [4.78, 5) is 0. The highest BCUT2D eigenvalue weighted by molar-refractivity contribution is 4.83. The Kier molecular flexibility index (Phi) is 4.31. The molecule has 0 radical (unpaired) electrons. The van der Waals surface area contributed by atoms with Gasteiger partial charge >= 0.3 is 6.18 Å². The van der Waals surface area contributed by atoms with E-state index in [1.54, 1.807) is 0 Å². The van der Waals surface area contributed by atoms with Crippen molar-refractivity contribution in [3.8, 4) is 0 Å². The minimum Gasteiger partial charge on any atom is -0.380 e. The monoisotopic (exact) mass is 251 g/mol. The molecule has 0 spiro atoms. The molecule has 1 N–H and O–H groups in total. The van der Waals surface area contributed by atoms with Crippen LogP contribution in [0, 0.1) is 5.92 Å². The van der Waals surface area contributed by atoms with Gasteiger partial charge < -0.3 is 10.1 Å². The Morgan fingerprint density at radius 3 is 2.18 bits per heavy atom. The summed E-state index contributed by atoms with van der Waals surface area (Å²) >= 11 is 0. The van der Waals surface area contributed by atoms with Crippen LogP contribution in [0.2, 0.25) is 0 Å². The summed E-state index contributed by atoms with van der Waals surface area (Å²) < 4.78 is 42.8. The summed E-state index contributed by atoms with van der Waals surface area (Å²) in [6.07, 6.45) is -0.0431. The van der Waals surface area contributed by atoms with Crippen LogP contribution in [0.15, 0.2) is 0 Å². The van der Waals surface area contributed by atoms with Crippen molar-refractivity contribution in [1.29, 1.82) is 0 Å². The van der Waals surface area contributed by atoms with E-state index in [0.717, 1.165) is 19.4 Å². The van der Waals surface area contributed by atoms with E-state index in [0.29, 0.717) is 25.5 Å². The van der Waals surface area contributed by atoms with Crippen LogP contribution in [-0.2, 0) is 4.74 Å². The highest BCUT2D eigenvalue weighted by Gasteiger charge is 2.41. The molecule has 0 bridgehead atoms. The van der Waals surface area contributed by atoms with E-state index < -0.39 is 12.1 Å². The van der Waals surface area contributed by atoms with Crippen LogP contribution in [0.3, 0.4) is 0 Å². The Labute approximate surface area is 99.9 Å². The fourth-order valence-electron chi connectivity index (χ4n) is 2.79. The summed E-state index contributed by atoms with van der Waals surface area (Å²) in [6.45, 7) is 1.53. The van der Waals surface area contributed by atoms with Crippen LogP contribution < -0.4 is 5.32 Å². The summed E-state index contributed by atoms with van der Waals surface area (Å²) in [5.41, 5.74) is 0. The van der Waals surface area contributed by atoms with E-state index in [2.05, 4.69) is 5.32 Å². The van der Waals surface area contributed by atoms with Crippen LogP contribution in [0.5, 0.6) is 0 Å². The lowest BCUT2D eigenvalue weighted by Gasteiger charge is -2.34. The topological polar surface area (TPSA) is 21.3 Å². The summed E-state index contributed by atoms with van der Waals surface area (Å²) in [5, 5.41) is 3.44. The second-order valence-corrected chi connectivity index (χ2v) is 5.17. The molecule has 17 heavy (non-hydrogen) atoms. The van der Waals surface area contributed by atoms with Crippen molar-refractivity contribution < 1.29 is 17.9 Å². The van der Waals surface area contributed by atoms with Gasteiger partial charge in [0, 0.05) is 18.7 Å². The first-order chi connectivity index (χ1) is 8.05. The van der Waals surface area contributed by atoms with Gasteiger partial charge in [-0.3, -0.25) is 0 Å². The maximum atomic E-state index is 12.5. The van der Waals surface area contributed by atoms with Crippen molar-refractivity contribution >= 4 is 0 Å². The van der Waals surface area contributed by atoms with Gasteiger partial charge in [-0.1, -0.05) is 0 Å². The molecular formula is C12H20F3NO. The van der Waals surface area contributed by atoms with Crippen molar-refractivity contribution in [2.45, 2.75) is 56.8 Å². The highest BCUT2D eigenvalue weighted by atomic mass is 19.4. The lowest BCUT2D eigenvalue weighted by Crippen LogP contribution is -2.45. The summed E-state index contributed by atoms with van der Waals surface area (Å²) in [5.74, 6) is -1.08. The molecule has 0 aromatic rings. The summed E-state index contributed by atoms with van der Waals surface area (Å²) in [7, 11) is 0. The molecule has 2 nitrogen and oxygen atoms in total. The Morgan fingerprint density at radius 1 is 0.941 bits per heavy atom. The Morgan fingerprint density at radius 2 is 1.65 bits per heavy atom. The maximum absolute atomic E-state index is 12.5. The Hall–Kier alpha value is -0.290. The van der Waals surface area contributed by atoms with Crippen molar-refractivity contribution in [3.05, 3.63) is 0 Å². The standard InChI is InChI=1S/C12H20F3NO/c13-12(14,15)9-3-5-10(6-4-9)16-11-2-1-7-17-8-11/h9-11,16H,1-8H2/t9?,10?,11-/m0/s1. The first-order valence-corrected chi connectivity index (χ1v) is 6.46. The van der Waals surface area contributed by atoms with Gasteiger partial charge in [0.1, 0.15) is 0 Å². The second kappa shape index (κ2) is 5.57. The van der Waals surface area contributed by atoms with Gasteiger partial charge in [0.15, 0.2) is 0 Å². The fraction of sp³-hybridized carbons (Fsp3) is 1.00. The number of nitrogens with one attached hydrogen (secondary N) is 1. The predicted molar refractivity (Wildman–Crippen MR) is 58.8 cm³/mol. The minimum atomic E-state index is -4.00. The van der Waals surface area contributed by atoms with Gasteiger partial charge in [0.05, 0.1) is 12.5 Å². The quantitative estimate of drug-likeness (QED) is 0.814. The number of hydrogen-bond donors (Lipinski definition) is 1. The van der Waals surface area contributed by atoms with Gasteiger partial charge in [-0.2, -0.15) is 13.2 Å². The normalized spacial score (nSPS) is 35.8. The van der Waals surface area contributed by atoms with Gasteiger partial charge in [0.25, 0.3) is 0 Å². The first kappa shape index (κ1) is 13.1. The number of ether oxygens (including phenoxy) is 1. The number of hydrogen-bond acceptors (Lipinski definition) is 2. The fourth-order valence-corrected chi connectivity index (χ4v) is 2.79. The lowest BCUT2D eigenvalue weighted by atomic mass is 9.85. The van der Waals surface area contributed by atoms with Crippen LogP contribution in [0.4, 0.5) is 13.2 Å². The predicted octanol–water partition coefficient (Wildman–Crippen LogP) is 2.88. The molecule has 0 aromatic carbocycles. The molecule has 1 aliphatic carbocycles. The molecule has 0 aromatic heterocycles. The van der Waals surface area contributed by atoms with Crippen molar-refractivity contribution in [2.24, 2.45) is 5.92 Å². The third-order valence-electron chi connectivity index (χ3n) is 3.82. The zero-order valence-corrected chi connectivity index (χ0v) is 9.93. The average molecular weight is 251 g/mol. The number of alkyl halides is 3. The van der Waals surface area contributed by atoms with Crippen molar-refractivity contribution in [1.82, 2.24) is 5.32 Å². The zero-order valence-electron chi connectivity index (χ0n) is 9.93. The Bertz CT molecular complexity index is 230. The van der Waals surface area contributed by atoms with Gasteiger partial charge in [-0.25, -0.2) is 0 Å². The van der Waals surface area contributed by atoms with Crippen LogP contribution in [0.1, 0.15) is 38.5 Å². The molecule has 1 saturated carbocycles.